The van der Waals surface area contributed by atoms with E-state index in [2.05, 4.69) is 27.7 Å². The lowest BCUT2D eigenvalue weighted by Crippen LogP contribution is -2.53. The number of unbranched alkanes of at least 4 members (excludes halogenated alkanes) is 16. The van der Waals surface area contributed by atoms with Crippen molar-refractivity contribution in [2.24, 2.45) is 46.3 Å². The van der Waals surface area contributed by atoms with Crippen LogP contribution < -0.4 is 0 Å². The molecule has 0 aromatic rings. The highest BCUT2D eigenvalue weighted by Gasteiger charge is 2.60. The molecule has 4 aliphatic carbocycles. The molecule has 4 aliphatic rings. The highest BCUT2D eigenvalue weighted by Crippen LogP contribution is 2.68. The molecule has 0 amide bonds. The maximum Gasteiger partial charge on any atom is 0.313 e. The largest absolute Gasteiger partial charge is 0.393 e. The Morgan fingerprint density at radius 2 is 1.15 bits per heavy atom. The van der Waals surface area contributed by atoms with E-state index < -0.39 is 0 Å². The molecule has 0 spiro atoms. The number of rotatable bonds is 22. The molecule has 0 radical (unpaired) electrons. The van der Waals surface area contributed by atoms with Crippen molar-refractivity contribution in [1.82, 2.24) is 0 Å². The first-order chi connectivity index (χ1) is 22.8. The van der Waals surface area contributed by atoms with Gasteiger partial charge in [0, 0.05) is 12.8 Å². The number of hydrogen-bond donors (Lipinski definition) is 0. The van der Waals surface area contributed by atoms with Crippen LogP contribution in [0.5, 0.6) is 0 Å². The molecule has 0 aromatic carbocycles. The molecule has 3 nitrogen and oxygen atoms in total. The first kappa shape index (κ1) is 38.9. The third-order valence-electron chi connectivity index (χ3n) is 14.9. The van der Waals surface area contributed by atoms with E-state index in [0.29, 0.717) is 35.5 Å². The lowest BCUT2D eigenvalue weighted by molar-refractivity contribution is -0.160. The lowest BCUT2D eigenvalue weighted by atomic mass is 9.44. The zero-order valence-electron chi connectivity index (χ0n) is 31.9. The zero-order valence-corrected chi connectivity index (χ0v) is 31.9. The Balaban J connectivity index is 1.00. The molecule has 4 fully saturated rings. The fraction of sp³-hybridized carbons (Fsp3) is 0.955. The molecule has 0 unspecified atom stereocenters. The summed E-state index contributed by atoms with van der Waals surface area (Å²) >= 11 is 0. The number of fused-ring (bicyclic) bond motifs is 5. The monoisotopic (exact) mass is 655 g/mol. The second kappa shape index (κ2) is 20.1. The third-order valence-corrected chi connectivity index (χ3v) is 14.9. The fourth-order valence-corrected chi connectivity index (χ4v) is 12.0. The van der Waals surface area contributed by atoms with Crippen LogP contribution in [0.3, 0.4) is 0 Å². The van der Waals surface area contributed by atoms with Crippen LogP contribution in [0.4, 0.5) is 0 Å². The molecule has 0 saturated heterocycles. The van der Waals surface area contributed by atoms with Gasteiger partial charge in [-0.2, -0.15) is 0 Å². The van der Waals surface area contributed by atoms with E-state index in [1.165, 1.54) is 161 Å². The number of hydrogen-bond acceptors (Lipinski definition) is 3. The van der Waals surface area contributed by atoms with Crippen LogP contribution >= 0.6 is 0 Å². The van der Waals surface area contributed by atoms with Crippen LogP contribution in [0.25, 0.3) is 0 Å². The summed E-state index contributed by atoms with van der Waals surface area (Å²) in [6.07, 6.45) is 38.6. The van der Waals surface area contributed by atoms with Gasteiger partial charge in [0.2, 0.25) is 0 Å². The second-order valence-corrected chi connectivity index (χ2v) is 17.9. The normalized spacial score (nSPS) is 32.3. The van der Waals surface area contributed by atoms with Gasteiger partial charge in [-0.3, -0.25) is 9.59 Å². The molecule has 0 aromatic heterocycles. The standard InChI is InChI=1S/C44H78O3/c1-5-6-7-8-9-10-11-12-13-14-15-16-17-18-19-20-21-25-41(45)47-42(46)31-26-35(2)38-29-30-39-37-28-27-36-24-22-23-33-43(36,3)40(37)32-34-44(38,39)4/h35-40H,5-34H2,1-4H3/t35-,36+,37+,38-,39+,40+,43+,44-/m1/s1. The summed E-state index contributed by atoms with van der Waals surface area (Å²) in [5.41, 5.74) is 1.04. The van der Waals surface area contributed by atoms with Gasteiger partial charge in [-0.15, -0.1) is 0 Å². The van der Waals surface area contributed by atoms with Crippen molar-refractivity contribution in [3.63, 3.8) is 0 Å². The molecule has 0 N–H and O–H groups in total. The Morgan fingerprint density at radius 1 is 0.596 bits per heavy atom. The Bertz CT molecular complexity index is 912. The van der Waals surface area contributed by atoms with Crippen molar-refractivity contribution in [1.29, 1.82) is 0 Å². The highest BCUT2D eigenvalue weighted by atomic mass is 16.6. The van der Waals surface area contributed by atoms with E-state index in [1.54, 1.807) is 0 Å². The average Bonchev–Trinajstić information content (AvgIpc) is 3.42. The van der Waals surface area contributed by atoms with Crippen molar-refractivity contribution in [3.05, 3.63) is 0 Å². The molecule has 4 rings (SSSR count). The number of ether oxygens (including phenoxy) is 1. The van der Waals surface area contributed by atoms with Crippen LogP contribution in [-0.4, -0.2) is 11.9 Å². The number of carbonyl (C=O) groups excluding carboxylic acids is 2. The van der Waals surface area contributed by atoms with Crippen molar-refractivity contribution < 1.29 is 14.3 Å². The topological polar surface area (TPSA) is 43.4 Å². The van der Waals surface area contributed by atoms with Crippen molar-refractivity contribution in [2.75, 3.05) is 0 Å². The SMILES string of the molecule is CCCCCCCCCCCCCCCCCCCC(=O)OC(=O)CC[C@@H](C)[C@H]1CC[C@H]2[C@@H]3CC[C@@H]4CCCC[C@]4(C)[C@H]3CC[C@]12C. The summed E-state index contributed by atoms with van der Waals surface area (Å²) in [6.45, 7) is 9.98. The molecule has 3 heteroatoms. The summed E-state index contributed by atoms with van der Waals surface area (Å²) in [5, 5.41) is 0. The van der Waals surface area contributed by atoms with E-state index in [4.69, 9.17) is 4.74 Å². The van der Waals surface area contributed by atoms with E-state index in [0.717, 1.165) is 42.9 Å². The quantitative estimate of drug-likeness (QED) is 0.0663. The number of carbonyl (C=O) groups is 2. The molecule has 47 heavy (non-hydrogen) atoms. The highest BCUT2D eigenvalue weighted by molar-refractivity contribution is 5.85. The average molecular weight is 655 g/mol. The minimum absolute atomic E-state index is 0.291. The van der Waals surface area contributed by atoms with Gasteiger partial charge in [-0.1, -0.05) is 143 Å². The molecule has 4 saturated carbocycles. The Hall–Kier alpha value is -0.860. The summed E-state index contributed by atoms with van der Waals surface area (Å²) in [4.78, 5) is 25.0. The van der Waals surface area contributed by atoms with Crippen LogP contribution in [0.15, 0.2) is 0 Å². The lowest BCUT2D eigenvalue weighted by Gasteiger charge is -2.61. The van der Waals surface area contributed by atoms with Gasteiger partial charge >= 0.3 is 11.9 Å². The van der Waals surface area contributed by atoms with Crippen LogP contribution in [-0.2, 0) is 14.3 Å². The van der Waals surface area contributed by atoms with Gasteiger partial charge in [-0.25, -0.2) is 0 Å². The predicted molar refractivity (Wildman–Crippen MR) is 198 cm³/mol. The van der Waals surface area contributed by atoms with Gasteiger partial charge in [0.1, 0.15) is 0 Å². The Labute approximate surface area is 292 Å². The molecular formula is C44H78O3. The van der Waals surface area contributed by atoms with Gasteiger partial charge in [0.25, 0.3) is 0 Å². The molecule has 0 aliphatic heterocycles. The second-order valence-electron chi connectivity index (χ2n) is 17.9. The van der Waals surface area contributed by atoms with E-state index in [9.17, 15) is 9.59 Å². The van der Waals surface area contributed by atoms with Crippen LogP contribution in [0, 0.1) is 46.3 Å². The Kier molecular flexibility index (Phi) is 16.7. The summed E-state index contributed by atoms with van der Waals surface area (Å²) in [6, 6.07) is 0. The molecule has 8 atom stereocenters. The van der Waals surface area contributed by atoms with Crippen LogP contribution in [0.2, 0.25) is 0 Å². The molecular weight excluding hydrogens is 576 g/mol. The molecule has 272 valence electrons. The zero-order chi connectivity index (χ0) is 33.5. The van der Waals surface area contributed by atoms with E-state index in [1.807, 2.05) is 0 Å². The first-order valence-electron chi connectivity index (χ1n) is 21.5. The van der Waals surface area contributed by atoms with Crippen LogP contribution in [0.1, 0.15) is 220 Å². The van der Waals surface area contributed by atoms with Gasteiger partial charge in [0.05, 0.1) is 0 Å². The van der Waals surface area contributed by atoms with Gasteiger partial charge in [-0.05, 0) is 111 Å². The van der Waals surface area contributed by atoms with Gasteiger partial charge < -0.3 is 4.74 Å². The van der Waals surface area contributed by atoms with Crippen molar-refractivity contribution in [3.8, 4) is 0 Å². The smallest absolute Gasteiger partial charge is 0.313 e. The van der Waals surface area contributed by atoms with Crippen molar-refractivity contribution in [2.45, 2.75) is 220 Å². The number of esters is 2. The maximum atomic E-state index is 12.6. The molecule has 0 bridgehead atoms. The fourth-order valence-electron chi connectivity index (χ4n) is 12.0. The predicted octanol–water partition coefficient (Wildman–Crippen LogP) is 13.6. The first-order valence-corrected chi connectivity index (χ1v) is 21.5. The van der Waals surface area contributed by atoms with E-state index >= 15 is 0 Å². The summed E-state index contributed by atoms with van der Waals surface area (Å²) in [5.74, 6) is 4.39. The third kappa shape index (κ3) is 11.1. The van der Waals surface area contributed by atoms with Gasteiger partial charge in [0.15, 0.2) is 0 Å². The maximum absolute atomic E-state index is 12.6. The minimum Gasteiger partial charge on any atom is -0.393 e. The van der Waals surface area contributed by atoms with Crippen molar-refractivity contribution >= 4 is 11.9 Å². The van der Waals surface area contributed by atoms with E-state index in [-0.39, 0.29) is 11.9 Å². The molecule has 0 heterocycles. The minimum atomic E-state index is -0.304. The summed E-state index contributed by atoms with van der Waals surface area (Å²) < 4.78 is 5.28. The Morgan fingerprint density at radius 3 is 1.77 bits per heavy atom. The summed E-state index contributed by atoms with van der Waals surface area (Å²) in [7, 11) is 0.